The van der Waals surface area contributed by atoms with Crippen LogP contribution in [0.5, 0.6) is 0 Å². The Labute approximate surface area is 149 Å². The molecule has 7 nitrogen and oxygen atoms in total. The third-order valence-corrected chi connectivity index (χ3v) is 4.69. The van der Waals surface area contributed by atoms with E-state index in [0.717, 1.165) is 5.56 Å². The van der Waals surface area contributed by atoms with Crippen molar-refractivity contribution in [2.24, 2.45) is 0 Å². The van der Waals surface area contributed by atoms with Crippen molar-refractivity contribution < 1.29 is 9.53 Å². The molecule has 2 heterocycles. The number of fused-ring (bicyclic) bond motifs is 1. The van der Waals surface area contributed by atoms with Crippen molar-refractivity contribution in [3.05, 3.63) is 41.7 Å². The van der Waals surface area contributed by atoms with Crippen LogP contribution in [-0.2, 0) is 16.1 Å². The normalized spacial score (nSPS) is 12.3. The molecule has 1 atom stereocenters. The Morgan fingerprint density at radius 1 is 1.28 bits per heavy atom. The Morgan fingerprint density at radius 2 is 2.04 bits per heavy atom. The van der Waals surface area contributed by atoms with Gasteiger partial charge in [0.2, 0.25) is 0 Å². The number of hydrogen-bond acceptors (Lipinski definition) is 7. The minimum absolute atomic E-state index is 0.272. The predicted molar refractivity (Wildman–Crippen MR) is 95.4 cm³/mol. The zero-order valence-electron chi connectivity index (χ0n) is 14.3. The van der Waals surface area contributed by atoms with E-state index >= 15 is 0 Å². The number of rotatable bonds is 6. The number of thioether (sulfide) groups is 1. The second-order valence-electron chi connectivity index (χ2n) is 5.60. The molecule has 130 valence electrons. The van der Waals surface area contributed by atoms with Gasteiger partial charge in [-0.15, -0.1) is 5.10 Å². The number of ether oxygens (including phenoxy) is 1. The van der Waals surface area contributed by atoms with Gasteiger partial charge in [0.15, 0.2) is 11.2 Å². The third kappa shape index (κ3) is 3.96. The van der Waals surface area contributed by atoms with Crippen LogP contribution >= 0.6 is 11.8 Å². The van der Waals surface area contributed by atoms with E-state index < -0.39 is 0 Å². The molecular weight excluding hydrogens is 338 g/mol. The van der Waals surface area contributed by atoms with Gasteiger partial charge < -0.3 is 4.74 Å². The molecule has 3 rings (SSSR count). The summed E-state index contributed by atoms with van der Waals surface area (Å²) in [4.78, 5) is 20.4. The zero-order chi connectivity index (χ0) is 17.8. The Morgan fingerprint density at radius 3 is 2.76 bits per heavy atom. The predicted octanol–water partition coefficient (Wildman–Crippen LogP) is 2.62. The molecule has 0 aliphatic heterocycles. The van der Waals surface area contributed by atoms with E-state index in [9.17, 15) is 4.79 Å². The molecule has 0 aliphatic rings. The van der Waals surface area contributed by atoms with Gasteiger partial charge in [0, 0.05) is 0 Å². The summed E-state index contributed by atoms with van der Waals surface area (Å²) in [5, 5.41) is 8.65. The monoisotopic (exact) mass is 357 g/mol. The number of carbonyl (C=O) groups excluding carboxylic acids is 1. The number of hydrogen-bond donors (Lipinski definition) is 0. The van der Waals surface area contributed by atoms with Gasteiger partial charge in [0.25, 0.3) is 0 Å². The lowest BCUT2D eigenvalue weighted by atomic mass is 10.1. The average molecular weight is 357 g/mol. The number of aryl methyl sites for hydroxylation is 1. The van der Waals surface area contributed by atoms with Crippen LogP contribution in [0, 0.1) is 6.92 Å². The third-order valence-electron chi connectivity index (χ3n) is 3.63. The maximum absolute atomic E-state index is 11.8. The molecule has 0 saturated carbocycles. The molecule has 25 heavy (non-hydrogen) atoms. The molecule has 0 aliphatic carbocycles. The molecule has 0 spiro atoms. The summed E-state index contributed by atoms with van der Waals surface area (Å²) in [6, 6.07) is 8.24. The first kappa shape index (κ1) is 17.3. The van der Waals surface area contributed by atoms with Gasteiger partial charge >= 0.3 is 5.97 Å². The van der Waals surface area contributed by atoms with Gasteiger partial charge in [-0.3, -0.25) is 4.79 Å². The van der Waals surface area contributed by atoms with Gasteiger partial charge in [-0.1, -0.05) is 46.8 Å². The van der Waals surface area contributed by atoms with Crippen LogP contribution in [0.4, 0.5) is 0 Å². The number of carbonyl (C=O) groups is 1. The fraction of sp³-hybridized carbons (Fsp3) is 0.353. The van der Waals surface area contributed by atoms with Crippen molar-refractivity contribution in [3.8, 4) is 0 Å². The Kier molecular flexibility index (Phi) is 5.28. The Bertz CT molecular complexity index is 878. The summed E-state index contributed by atoms with van der Waals surface area (Å²) < 4.78 is 6.77. The van der Waals surface area contributed by atoms with Crippen LogP contribution in [0.15, 0.2) is 35.6 Å². The molecule has 0 fully saturated rings. The van der Waals surface area contributed by atoms with Crippen molar-refractivity contribution >= 4 is 28.9 Å². The molecule has 1 aromatic carbocycles. The second-order valence-corrected chi connectivity index (χ2v) is 6.93. The average Bonchev–Trinajstić information content (AvgIpc) is 3.01. The van der Waals surface area contributed by atoms with Crippen LogP contribution < -0.4 is 0 Å². The van der Waals surface area contributed by atoms with Crippen molar-refractivity contribution in [3.63, 3.8) is 0 Å². The Balaban J connectivity index is 1.84. The maximum atomic E-state index is 11.8. The largest absolute Gasteiger partial charge is 0.465 e. The summed E-state index contributed by atoms with van der Waals surface area (Å²) in [6.45, 7) is 6.55. The number of esters is 1. The van der Waals surface area contributed by atoms with Gasteiger partial charge in [-0.25, -0.2) is 14.6 Å². The molecule has 0 radical (unpaired) electrons. The van der Waals surface area contributed by atoms with E-state index in [1.54, 1.807) is 18.5 Å². The summed E-state index contributed by atoms with van der Waals surface area (Å²) in [7, 11) is 0. The smallest absolute Gasteiger partial charge is 0.319 e. The fourth-order valence-corrected chi connectivity index (χ4v) is 3.16. The highest BCUT2D eigenvalue weighted by Gasteiger charge is 2.20. The standard InChI is InChI=1S/C17H19N5O2S/c1-4-24-17(23)12(3)25-16-14-15(18-10-19-16)22(21-20-14)9-13-7-5-11(2)6-8-13/h5-8,10,12H,4,9H2,1-3H3. The summed E-state index contributed by atoms with van der Waals surface area (Å²) >= 11 is 1.30. The molecule has 3 aromatic rings. The van der Waals surface area contributed by atoms with Crippen molar-refractivity contribution in [1.82, 2.24) is 25.0 Å². The molecular formula is C17H19N5O2S. The quantitative estimate of drug-likeness (QED) is 0.381. The van der Waals surface area contributed by atoms with E-state index in [4.69, 9.17) is 4.74 Å². The van der Waals surface area contributed by atoms with Gasteiger partial charge in [0.05, 0.1) is 13.2 Å². The van der Waals surface area contributed by atoms with Crippen molar-refractivity contribution in [2.75, 3.05) is 6.61 Å². The van der Waals surface area contributed by atoms with E-state index in [-0.39, 0.29) is 11.2 Å². The minimum Gasteiger partial charge on any atom is -0.465 e. The topological polar surface area (TPSA) is 82.8 Å². The van der Waals surface area contributed by atoms with E-state index in [2.05, 4.69) is 51.5 Å². The molecule has 1 unspecified atom stereocenters. The highest BCUT2D eigenvalue weighted by atomic mass is 32.2. The van der Waals surface area contributed by atoms with Crippen molar-refractivity contribution in [1.29, 1.82) is 0 Å². The summed E-state index contributed by atoms with van der Waals surface area (Å²) in [5.41, 5.74) is 3.57. The lowest BCUT2D eigenvalue weighted by Gasteiger charge is -2.09. The summed E-state index contributed by atoms with van der Waals surface area (Å²) in [6.07, 6.45) is 1.47. The second kappa shape index (κ2) is 7.60. The molecule has 2 aromatic heterocycles. The Hall–Kier alpha value is -2.48. The maximum Gasteiger partial charge on any atom is 0.319 e. The van der Waals surface area contributed by atoms with Crippen LogP contribution in [0.3, 0.4) is 0 Å². The summed E-state index contributed by atoms with van der Waals surface area (Å²) in [5.74, 6) is -0.272. The number of nitrogens with zero attached hydrogens (tertiary/aromatic N) is 5. The van der Waals surface area contributed by atoms with Crippen LogP contribution in [0.2, 0.25) is 0 Å². The lowest BCUT2D eigenvalue weighted by Crippen LogP contribution is -2.16. The first-order valence-corrected chi connectivity index (χ1v) is 8.89. The van der Waals surface area contributed by atoms with Crippen LogP contribution in [-0.4, -0.2) is 42.8 Å². The fourth-order valence-electron chi connectivity index (χ4n) is 2.31. The van der Waals surface area contributed by atoms with Crippen LogP contribution in [0.1, 0.15) is 25.0 Å². The number of aromatic nitrogens is 5. The highest BCUT2D eigenvalue weighted by Crippen LogP contribution is 2.27. The van der Waals surface area contributed by atoms with Gasteiger partial charge in [-0.05, 0) is 26.3 Å². The van der Waals surface area contributed by atoms with Gasteiger partial charge in [-0.2, -0.15) is 0 Å². The SMILES string of the molecule is CCOC(=O)C(C)Sc1ncnc2c1nnn2Cc1ccc(C)cc1. The van der Waals surface area contributed by atoms with E-state index in [1.165, 1.54) is 23.7 Å². The minimum atomic E-state index is -0.375. The molecule has 8 heteroatoms. The van der Waals surface area contributed by atoms with Crippen molar-refractivity contribution in [2.45, 2.75) is 37.6 Å². The first-order chi connectivity index (χ1) is 12.1. The lowest BCUT2D eigenvalue weighted by molar-refractivity contribution is -0.142. The highest BCUT2D eigenvalue weighted by molar-refractivity contribution is 8.00. The first-order valence-electron chi connectivity index (χ1n) is 8.01. The molecule has 0 bridgehead atoms. The zero-order valence-corrected chi connectivity index (χ0v) is 15.2. The molecule has 0 N–H and O–H groups in total. The van der Waals surface area contributed by atoms with E-state index in [1.807, 2.05) is 0 Å². The molecule has 0 saturated heterocycles. The van der Waals surface area contributed by atoms with Crippen LogP contribution in [0.25, 0.3) is 11.2 Å². The number of benzene rings is 1. The van der Waals surface area contributed by atoms with Gasteiger partial charge in [0.1, 0.15) is 16.6 Å². The van der Waals surface area contributed by atoms with E-state index in [0.29, 0.717) is 29.3 Å². The molecule has 0 amide bonds.